The first-order chi connectivity index (χ1) is 33.0. The number of nitrogens with zero attached hydrogens (tertiary/aromatic N) is 1. The predicted molar refractivity (Wildman–Crippen MR) is 293 cm³/mol. The largest absolute Gasteiger partial charge is 0.756 e. The Bertz CT molecular complexity index is 1120. The minimum Gasteiger partial charge on any atom is -0.756 e. The summed E-state index contributed by atoms with van der Waals surface area (Å²) in [5.41, 5.74) is 0. The number of allylic oxidation sites excluding steroid dienone is 1. The average Bonchev–Trinajstić information content (AvgIpc) is 3.30. The molecular weight excluding hydrogens is 864 g/mol. The molecule has 1 amide bonds. The molecule has 0 aliphatic rings. The number of phosphoric acid groups is 1. The first-order valence-corrected chi connectivity index (χ1v) is 31.5. The van der Waals surface area contributed by atoms with E-state index in [2.05, 4.69) is 19.2 Å². The molecule has 68 heavy (non-hydrogen) atoms. The second kappa shape index (κ2) is 51.2. The Hall–Kier alpha value is -0.760. The third-order valence-electron chi connectivity index (χ3n) is 14.0. The van der Waals surface area contributed by atoms with Gasteiger partial charge in [0.05, 0.1) is 39.9 Å². The number of hydrogen-bond donors (Lipinski definition) is 2. The molecule has 0 fully saturated rings. The Balaban J connectivity index is 3.86. The predicted octanol–water partition coefficient (Wildman–Crippen LogP) is 17.6. The van der Waals surface area contributed by atoms with Gasteiger partial charge in [-0.2, -0.15) is 0 Å². The highest BCUT2D eigenvalue weighted by atomic mass is 31.2. The fourth-order valence-corrected chi connectivity index (χ4v) is 10.00. The molecule has 0 heterocycles. The normalized spacial score (nSPS) is 13.9. The van der Waals surface area contributed by atoms with E-state index in [1.54, 1.807) is 6.08 Å². The fraction of sp³-hybridized carbons (Fsp3) is 0.949. The van der Waals surface area contributed by atoms with Gasteiger partial charge < -0.3 is 28.8 Å². The monoisotopic (exact) mass is 983 g/mol. The van der Waals surface area contributed by atoms with Crippen molar-refractivity contribution in [2.45, 2.75) is 321 Å². The van der Waals surface area contributed by atoms with Crippen molar-refractivity contribution in [3.63, 3.8) is 0 Å². The minimum atomic E-state index is -4.59. The maximum atomic E-state index is 12.9. The molecule has 406 valence electrons. The van der Waals surface area contributed by atoms with Gasteiger partial charge >= 0.3 is 0 Å². The van der Waals surface area contributed by atoms with E-state index in [9.17, 15) is 19.4 Å². The number of unbranched alkanes of at least 4 members (excludes halogenated alkanes) is 43. The number of hydrogen-bond acceptors (Lipinski definition) is 6. The molecule has 8 nitrogen and oxygen atoms in total. The molecule has 0 saturated heterocycles. The summed E-state index contributed by atoms with van der Waals surface area (Å²) < 4.78 is 23.3. The van der Waals surface area contributed by atoms with Gasteiger partial charge in [0.25, 0.3) is 7.82 Å². The van der Waals surface area contributed by atoms with Gasteiger partial charge in [-0.25, -0.2) is 0 Å². The molecule has 2 N–H and O–H groups in total. The van der Waals surface area contributed by atoms with Crippen LogP contribution in [0.2, 0.25) is 0 Å². The number of carbonyl (C=O) groups is 1. The van der Waals surface area contributed by atoms with Gasteiger partial charge in [-0.1, -0.05) is 296 Å². The number of likely N-dealkylation sites (N-methyl/N-ethyl adjacent to an activating group) is 1. The minimum absolute atomic E-state index is 0.00223. The van der Waals surface area contributed by atoms with Crippen LogP contribution in [0.3, 0.4) is 0 Å². The summed E-state index contributed by atoms with van der Waals surface area (Å²) in [4.78, 5) is 25.4. The van der Waals surface area contributed by atoms with E-state index in [1.165, 1.54) is 250 Å². The van der Waals surface area contributed by atoms with Gasteiger partial charge in [0.2, 0.25) is 5.91 Å². The van der Waals surface area contributed by atoms with Gasteiger partial charge in [0, 0.05) is 6.42 Å². The lowest BCUT2D eigenvalue weighted by atomic mass is 10.0. The fourth-order valence-electron chi connectivity index (χ4n) is 9.27. The van der Waals surface area contributed by atoms with Crippen molar-refractivity contribution >= 4 is 13.7 Å². The Kier molecular flexibility index (Phi) is 50.6. The zero-order valence-electron chi connectivity index (χ0n) is 46.3. The van der Waals surface area contributed by atoms with Crippen LogP contribution >= 0.6 is 7.82 Å². The van der Waals surface area contributed by atoms with Crippen LogP contribution < -0.4 is 10.2 Å². The number of phosphoric ester groups is 1. The van der Waals surface area contributed by atoms with Gasteiger partial charge in [-0.3, -0.25) is 9.36 Å². The highest BCUT2D eigenvalue weighted by Gasteiger charge is 2.23. The Morgan fingerprint density at radius 1 is 0.500 bits per heavy atom. The molecular formula is C59H119N2O6P. The average molecular weight is 984 g/mol. The zero-order valence-corrected chi connectivity index (χ0v) is 47.2. The number of nitrogens with one attached hydrogen (secondary N) is 1. The second-order valence-electron chi connectivity index (χ2n) is 22.1. The topological polar surface area (TPSA) is 108 Å². The van der Waals surface area contributed by atoms with Crippen LogP contribution in [0.5, 0.6) is 0 Å². The molecule has 0 aliphatic carbocycles. The molecule has 0 spiro atoms. The van der Waals surface area contributed by atoms with E-state index in [4.69, 9.17) is 9.05 Å². The van der Waals surface area contributed by atoms with Crippen molar-refractivity contribution in [1.82, 2.24) is 5.32 Å². The lowest BCUT2D eigenvalue weighted by Crippen LogP contribution is -2.45. The lowest BCUT2D eigenvalue weighted by molar-refractivity contribution is -0.870. The maximum Gasteiger partial charge on any atom is 0.268 e. The van der Waals surface area contributed by atoms with Crippen molar-refractivity contribution in [3.05, 3.63) is 12.2 Å². The van der Waals surface area contributed by atoms with Crippen molar-refractivity contribution in [2.75, 3.05) is 40.9 Å². The zero-order chi connectivity index (χ0) is 49.9. The van der Waals surface area contributed by atoms with Gasteiger partial charge in [0.15, 0.2) is 0 Å². The number of rotatable bonds is 56. The summed E-state index contributed by atoms with van der Waals surface area (Å²) in [5.74, 6) is -0.192. The quantitative estimate of drug-likeness (QED) is 0.0272. The highest BCUT2D eigenvalue weighted by molar-refractivity contribution is 7.45. The van der Waals surface area contributed by atoms with Crippen LogP contribution in [0, 0.1) is 0 Å². The lowest BCUT2D eigenvalue weighted by Gasteiger charge is -2.29. The van der Waals surface area contributed by atoms with E-state index >= 15 is 0 Å². The van der Waals surface area contributed by atoms with Crippen LogP contribution in [-0.2, 0) is 18.4 Å². The number of aliphatic hydroxyl groups excluding tert-OH is 1. The molecule has 3 unspecified atom stereocenters. The molecule has 0 radical (unpaired) electrons. The van der Waals surface area contributed by atoms with E-state index in [-0.39, 0.29) is 19.1 Å². The van der Waals surface area contributed by atoms with Gasteiger partial charge in [0.1, 0.15) is 13.2 Å². The summed E-state index contributed by atoms with van der Waals surface area (Å²) in [5, 5.41) is 13.8. The highest BCUT2D eigenvalue weighted by Crippen LogP contribution is 2.38. The van der Waals surface area contributed by atoms with Crippen molar-refractivity contribution < 1.29 is 32.9 Å². The van der Waals surface area contributed by atoms with E-state index in [1.807, 2.05) is 27.2 Å². The van der Waals surface area contributed by atoms with Crippen molar-refractivity contribution in [3.8, 4) is 0 Å². The van der Waals surface area contributed by atoms with E-state index in [0.717, 1.165) is 38.5 Å². The molecule has 0 aromatic heterocycles. The van der Waals surface area contributed by atoms with Crippen LogP contribution in [-0.4, -0.2) is 68.5 Å². The van der Waals surface area contributed by atoms with E-state index in [0.29, 0.717) is 17.4 Å². The van der Waals surface area contributed by atoms with Crippen molar-refractivity contribution in [1.29, 1.82) is 0 Å². The van der Waals surface area contributed by atoms with Crippen LogP contribution in [0.15, 0.2) is 12.2 Å². The summed E-state index contributed by atoms with van der Waals surface area (Å²) in [6, 6.07) is -0.880. The number of aliphatic hydroxyl groups is 1. The first-order valence-electron chi connectivity index (χ1n) is 30.1. The SMILES string of the molecule is CCCCCCCCCCC/C=C/C(O)C(COP(=O)([O-])OCC[N+](C)(C)C)NC(=O)CCCCCCCCCCCCCCCCCCCCCCCCCCCCCCCCCCCCC. The van der Waals surface area contributed by atoms with Gasteiger partial charge in [-0.15, -0.1) is 0 Å². The number of quaternary nitrogens is 1. The van der Waals surface area contributed by atoms with Crippen LogP contribution in [0.1, 0.15) is 309 Å². The summed E-state index contributed by atoms with van der Waals surface area (Å²) >= 11 is 0. The number of carbonyl (C=O) groups excluding carboxylic acids is 1. The third-order valence-corrected chi connectivity index (χ3v) is 15.0. The second-order valence-corrected chi connectivity index (χ2v) is 23.5. The standard InChI is InChI=1S/C59H119N2O6P/c1-6-8-10-12-14-16-18-19-20-21-22-23-24-25-26-27-28-29-30-31-32-33-34-35-36-37-38-39-40-41-43-45-47-49-51-53-59(63)60-57(56-67-68(64,65)66-55-54-61(3,4)5)58(62)52-50-48-46-44-42-17-15-13-11-9-7-2/h50,52,57-58,62H,6-49,51,53-56H2,1-5H3,(H-,60,63,64,65)/b52-50+. The Morgan fingerprint density at radius 3 is 1.10 bits per heavy atom. The van der Waals surface area contributed by atoms with E-state index < -0.39 is 20.0 Å². The smallest absolute Gasteiger partial charge is 0.268 e. The molecule has 0 aromatic carbocycles. The van der Waals surface area contributed by atoms with Crippen molar-refractivity contribution in [2.24, 2.45) is 0 Å². The summed E-state index contributed by atoms with van der Waals surface area (Å²) in [7, 11) is 1.28. The Labute approximate surface area is 424 Å². The molecule has 0 aromatic rings. The molecule has 0 rings (SSSR count). The number of amides is 1. The molecule has 0 aliphatic heterocycles. The summed E-state index contributed by atoms with van der Waals surface area (Å²) in [6.45, 7) is 4.67. The molecule has 3 atom stereocenters. The maximum absolute atomic E-state index is 12.9. The third kappa shape index (κ3) is 53.0. The molecule has 0 bridgehead atoms. The van der Waals surface area contributed by atoms with Crippen LogP contribution in [0.25, 0.3) is 0 Å². The van der Waals surface area contributed by atoms with Gasteiger partial charge in [-0.05, 0) is 19.3 Å². The first kappa shape index (κ1) is 67.2. The Morgan fingerprint density at radius 2 is 0.794 bits per heavy atom. The summed E-state index contributed by atoms with van der Waals surface area (Å²) in [6.07, 6.45) is 63.3. The van der Waals surface area contributed by atoms with Crippen LogP contribution in [0.4, 0.5) is 0 Å². The molecule has 0 saturated carbocycles. The molecule has 9 heteroatoms.